The van der Waals surface area contributed by atoms with Crippen molar-refractivity contribution in [2.75, 3.05) is 7.11 Å². The number of allylic oxidation sites excluding steroid dienone is 2. The number of hydrogen-bond donors (Lipinski definition) is 1. The van der Waals surface area contributed by atoms with Crippen molar-refractivity contribution in [2.24, 2.45) is 50.2 Å². The van der Waals surface area contributed by atoms with Crippen LogP contribution in [0.25, 0.3) is 0 Å². The summed E-state index contributed by atoms with van der Waals surface area (Å²) >= 11 is 0. The molecule has 0 radical (unpaired) electrons. The summed E-state index contributed by atoms with van der Waals surface area (Å²) in [6.07, 6.45) is 11.3. The van der Waals surface area contributed by atoms with Crippen molar-refractivity contribution in [1.29, 1.82) is 0 Å². The number of fused-ring (bicyclic) bond motifs is 7. The second kappa shape index (κ2) is 9.68. The average molecular weight is 601 g/mol. The maximum Gasteiger partial charge on any atom is 0.315 e. The van der Waals surface area contributed by atoms with Gasteiger partial charge < -0.3 is 14.3 Å². The molecule has 0 bridgehead atoms. The Morgan fingerprint density at radius 1 is 0.929 bits per heavy atom. The lowest BCUT2D eigenvalue weighted by atomic mass is 9.33. The predicted molar refractivity (Wildman–Crippen MR) is 175 cm³/mol. The third kappa shape index (κ3) is 4.27. The minimum atomic E-state index is -1.88. The SMILES string of the molecule is COC(=O)[C@]12CCC(C)(C)CC1C1=CCC3[C@@]4(C)CC[C@H](O[Si](C)(C)C(C)(C)C)C(C)(C)C4CC[C@@]3(C)[C@]1(C)C[C@H]2O. The van der Waals surface area contributed by atoms with Crippen LogP contribution in [-0.4, -0.2) is 38.7 Å². The molecule has 0 spiro atoms. The standard InChI is InChI=1S/C37H64O4Si/c1-31(2,3)42(12,13)41-29-17-18-34(8)26(33(29,6)7)16-19-35(9)27(34)15-14-24-25-22-32(4,5)20-21-37(25,30(39)40-11)28(38)23-36(24,35)10/h14,25-29,38H,15-23H2,1-13H3/t25?,26?,27?,28-,29+,34+,35-,36-,37-/m1/s1. The smallest absolute Gasteiger partial charge is 0.315 e. The molecule has 42 heavy (non-hydrogen) atoms. The van der Waals surface area contributed by atoms with Crippen molar-refractivity contribution in [3.05, 3.63) is 11.6 Å². The van der Waals surface area contributed by atoms with Crippen LogP contribution in [0.2, 0.25) is 18.1 Å². The Kier molecular flexibility index (Phi) is 7.54. The number of methoxy groups -OCH3 is 1. The van der Waals surface area contributed by atoms with Gasteiger partial charge in [0.15, 0.2) is 8.32 Å². The van der Waals surface area contributed by atoms with Crippen molar-refractivity contribution in [1.82, 2.24) is 0 Å². The van der Waals surface area contributed by atoms with Gasteiger partial charge in [0.2, 0.25) is 0 Å². The Bertz CT molecular complexity index is 1130. The number of hydrogen-bond acceptors (Lipinski definition) is 4. The zero-order chi connectivity index (χ0) is 31.5. The molecule has 0 aromatic rings. The third-order valence-corrected chi connectivity index (χ3v) is 19.9. The van der Waals surface area contributed by atoms with E-state index in [1.165, 1.54) is 31.9 Å². The van der Waals surface area contributed by atoms with Crippen LogP contribution in [0, 0.1) is 50.2 Å². The number of rotatable bonds is 3. The lowest BCUT2D eigenvalue weighted by Crippen LogP contribution is -2.68. The number of ether oxygens (including phenoxy) is 1. The van der Waals surface area contributed by atoms with Crippen molar-refractivity contribution in [2.45, 2.75) is 157 Å². The summed E-state index contributed by atoms with van der Waals surface area (Å²) in [6, 6.07) is 0. The van der Waals surface area contributed by atoms with Crippen LogP contribution >= 0.6 is 0 Å². The molecule has 0 aromatic heterocycles. The van der Waals surface area contributed by atoms with E-state index in [-0.39, 0.29) is 44.0 Å². The summed E-state index contributed by atoms with van der Waals surface area (Å²) in [6.45, 7) is 29.3. The molecular formula is C37H64O4Si. The van der Waals surface area contributed by atoms with E-state index < -0.39 is 19.8 Å². The van der Waals surface area contributed by atoms with E-state index in [0.29, 0.717) is 24.4 Å². The Labute approximate surface area is 259 Å². The first-order chi connectivity index (χ1) is 19.0. The second-order valence-corrected chi connectivity index (χ2v) is 24.0. The van der Waals surface area contributed by atoms with Crippen LogP contribution in [0.1, 0.15) is 127 Å². The lowest BCUT2D eigenvalue weighted by molar-refractivity contribution is -0.218. The first kappa shape index (κ1) is 32.7. The summed E-state index contributed by atoms with van der Waals surface area (Å²) in [7, 11) is -0.368. The van der Waals surface area contributed by atoms with Gasteiger partial charge in [-0.05, 0) is 121 Å². The Morgan fingerprint density at radius 2 is 1.57 bits per heavy atom. The monoisotopic (exact) mass is 600 g/mol. The van der Waals surface area contributed by atoms with E-state index >= 15 is 0 Å². The van der Waals surface area contributed by atoms with Crippen molar-refractivity contribution < 1.29 is 19.1 Å². The summed E-state index contributed by atoms with van der Waals surface area (Å²) < 4.78 is 12.7. The van der Waals surface area contributed by atoms with Gasteiger partial charge in [0, 0.05) is 0 Å². The molecule has 1 N–H and O–H groups in total. The van der Waals surface area contributed by atoms with E-state index in [0.717, 1.165) is 32.1 Å². The van der Waals surface area contributed by atoms with Crippen LogP contribution < -0.4 is 0 Å². The van der Waals surface area contributed by atoms with E-state index in [1.54, 1.807) is 0 Å². The van der Waals surface area contributed by atoms with Gasteiger partial charge >= 0.3 is 5.97 Å². The second-order valence-electron chi connectivity index (χ2n) is 19.2. The zero-order valence-corrected chi connectivity index (χ0v) is 30.5. The molecule has 4 nitrogen and oxygen atoms in total. The summed E-state index contributed by atoms with van der Waals surface area (Å²) in [5.41, 5.74) is 1.11. The summed E-state index contributed by atoms with van der Waals surface area (Å²) in [5.74, 6) is 1.03. The van der Waals surface area contributed by atoms with Gasteiger partial charge in [0.1, 0.15) is 5.41 Å². The molecule has 3 unspecified atom stereocenters. The first-order valence-corrected chi connectivity index (χ1v) is 20.1. The van der Waals surface area contributed by atoms with Crippen LogP contribution in [0.3, 0.4) is 0 Å². The predicted octanol–water partition coefficient (Wildman–Crippen LogP) is 9.32. The average Bonchev–Trinajstić information content (AvgIpc) is 2.85. The van der Waals surface area contributed by atoms with Gasteiger partial charge in [-0.3, -0.25) is 4.79 Å². The quantitative estimate of drug-likeness (QED) is 0.199. The zero-order valence-electron chi connectivity index (χ0n) is 29.5. The van der Waals surface area contributed by atoms with E-state index in [1.807, 2.05) is 0 Å². The minimum absolute atomic E-state index is 0.0518. The number of carbonyl (C=O) groups excluding carboxylic acids is 1. The van der Waals surface area contributed by atoms with Crippen LogP contribution in [-0.2, 0) is 14.0 Å². The van der Waals surface area contributed by atoms with E-state index in [9.17, 15) is 9.90 Å². The normalized spacial score (nSPS) is 46.3. The van der Waals surface area contributed by atoms with Gasteiger partial charge in [-0.2, -0.15) is 0 Å². The van der Waals surface area contributed by atoms with Gasteiger partial charge in [-0.25, -0.2) is 0 Å². The van der Waals surface area contributed by atoms with E-state index in [4.69, 9.17) is 9.16 Å². The topological polar surface area (TPSA) is 55.8 Å². The van der Waals surface area contributed by atoms with Crippen molar-refractivity contribution in [3.8, 4) is 0 Å². The van der Waals surface area contributed by atoms with E-state index in [2.05, 4.69) is 88.4 Å². The minimum Gasteiger partial charge on any atom is -0.468 e. The lowest BCUT2D eigenvalue weighted by Gasteiger charge is -2.72. The van der Waals surface area contributed by atoms with Crippen molar-refractivity contribution >= 4 is 14.3 Å². The highest BCUT2D eigenvalue weighted by Gasteiger charge is 2.71. The Morgan fingerprint density at radius 3 is 2.17 bits per heavy atom. The molecule has 0 heterocycles. The third-order valence-electron chi connectivity index (χ3n) is 15.4. The molecule has 4 saturated carbocycles. The number of esters is 1. The Hall–Kier alpha value is -0.653. The number of carbonyl (C=O) groups is 1. The molecule has 4 fully saturated rings. The fraction of sp³-hybridized carbons (Fsp3) is 0.919. The van der Waals surface area contributed by atoms with Gasteiger partial charge in [0.05, 0.1) is 19.3 Å². The summed E-state index contributed by atoms with van der Waals surface area (Å²) in [5, 5.41) is 12.3. The molecule has 0 amide bonds. The molecular weight excluding hydrogens is 536 g/mol. The fourth-order valence-corrected chi connectivity index (χ4v) is 13.1. The Balaban J connectivity index is 1.54. The first-order valence-electron chi connectivity index (χ1n) is 17.2. The number of aliphatic hydroxyl groups is 1. The van der Waals surface area contributed by atoms with Crippen LogP contribution in [0.4, 0.5) is 0 Å². The van der Waals surface area contributed by atoms with Crippen LogP contribution in [0.5, 0.6) is 0 Å². The maximum absolute atomic E-state index is 13.6. The highest BCUT2D eigenvalue weighted by atomic mass is 28.4. The molecule has 5 aliphatic rings. The fourth-order valence-electron chi connectivity index (χ4n) is 11.6. The molecule has 5 heteroatoms. The van der Waals surface area contributed by atoms with Gasteiger partial charge in [0.25, 0.3) is 0 Å². The summed E-state index contributed by atoms with van der Waals surface area (Å²) in [4.78, 5) is 13.6. The molecule has 0 saturated heterocycles. The molecule has 0 aliphatic heterocycles. The maximum atomic E-state index is 13.6. The number of aliphatic hydroxyl groups excluding tert-OH is 1. The van der Waals surface area contributed by atoms with Crippen LogP contribution in [0.15, 0.2) is 11.6 Å². The largest absolute Gasteiger partial charge is 0.468 e. The molecule has 5 rings (SSSR count). The van der Waals surface area contributed by atoms with Gasteiger partial charge in [-0.15, -0.1) is 0 Å². The van der Waals surface area contributed by atoms with Gasteiger partial charge in [-0.1, -0.05) is 80.9 Å². The highest BCUT2D eigenvalue weighted by molar-refractivity contribution is 6.74. The van der Waals surface area contributed by atoms with Crippen molar-refractivity contribution in [3.63, 3.8) is 0 Å². The molecule has 240 valence electrons. The highest BCUT2D eigenvalue weighted by Crippen LogP contribution is 2.76. The molecule has 0 aromatic carbocycles. The molecule has 5 aliphatic carbocycles. The molecule has 9 atom stereocenters.